The number of anilines is 1. The van der Waals surface area contributed by atoms with Crippen LogP contribution in [-0.4, -0.2) is 10.7 Å². The summed E-state index contributed by atoms with van der Waals surface area (Å²) in [6.45, 7) is 2.09. The van der Waals surface area contributed by atoms with Gasteiger partial charge in [-0.1, -0.05) is 35.0 Å². The second kappa shape index (κ2) is 8.61. The van der Waals surface area contributed by atoms with Gasteiger partial charge < -0.3 is 4.42 Å². The van der Waals surface area contributed by atoms with Crippen LogP contribution < -0.4 is 11.1 Å². The van der Waals surface area contributed by atoms with Crippen LogP contribution in [0.1, 0.15) is 17.5 Å². The Morgan fingerprint density at radius 3 is 2.80 bits per heavy atom. The van der Waals surface area contributed by atoms with Crippen molar-refractivity contribution in [3.8, 4) is 17.3 Å². The molecule has 30 heavy (non-hydrogen) atoms. The van der Waals surface area contributed by atoms with Gasteiger partial charge in [-0.05, 0) is 48.4 Å². The Bertz CT molecular complexity index is 1350. The summed E-state index contributed by atoms with van der Waals surface area (Å²) in [6.07, 6.45) is 0.953. The van der Waals surface area contributed by atoms with E-state index in [1.165, 1.54) is 16.9 Å². The van der Waals surface area contributed by atoms with Gasteiger partial charge in [-0.15, -0.1) is 11.3 Å². The molecule has 2 aromatic heterocycles. The smallest absolute Gasteiger partial charge is 0.345 e. The zero-order valence-electron chi connectivity index (χ0n) is 15.8. The molecule has 4 aromatic rings. The van der Waals surface area contributed by atoms with Crippen LogP contribution in [0, 0.1) is 11.3 Å². The molecule has 148 valence electrons. The summed E-state index contributed by atoms with van der Waals surface area (Å²) >= 11 is 4.66. The van der Waals surface area contributed by atoms with Crippen LogP contribution in [0.15, 0.2) is 72.7 Å². The first kappa shape index (κ1) is 20.0. The molecule has 0 amide bonds. The number of aryl methyl sites for hydroxylation is 1. The van der Waals surface area contributed by atoms with Crippen LogP contribution in [0.2, 0.25) is 0 Å². The minimum Gasteiger partial charge on any atom is -0.422 e. The van der Waals surface area contributed by atoms with E-state index in [0.29, 0.717) is 21.8 Å². The number of hydrogen-bond acceptors (Lipinski definition) is 7. The fourth-order valence-corrected chi connectivity index (χ4v) is 3.97. The van der Waals surface area contributed by atoms with Crippen molar-refractivity contribution in [1.82, 2.24) is 4.98 Å². The summed E-state index contributed by atoms with van der Waals surface area (Å²) in [4.78, 5) is 16.8. The van der Waals surface area contributed by atoms with E-state index in [4.69, 9.17) is 4.42 Å². The lowest BCUT2D eigenvalue weighted by Crippen LogP contribution is -2.04. The van der Waals surface area contributed by atoms with Crippen LogP contribution in [0.5, 0.6) is 0 Å². The third-order valence-electron chi connectivity index (χ3n) is 4.44. The molecule has 0 atom stereocenters. The average molecular weight is 479 g/mol. The Kier molecular flexibility index (Phi) is 5.74. The van der Waals surface area contributed by atoms with Gasteiger partial charge in [0.2, 0.25) is 0 Å². The molecule has 0 unspecified atom stereocenters. The molecule has 0 aliphatic rings. The molecule has 0 aliphatic carbocycles. The van der Waals surface area contributed by atoms with Crippen molar-refractivity contribution in [2.75, 3.05) is 5.43 Å². The largest absolute Gasteiger partial charge is 0.422 e. The maximum Gasteiger partial charge on any atom is 0.345 e. The van der Waals surface area contributed by atoms with Crippen molar-refractivity contribution in [1.29, 1.82) is 5.26 Å². The SMILES string of the molecule is CCc1ccc(NN=C(C#N)c2nc(-c3cc4cc(Br)ccc4oc3=O)cs2)cc1. The molecule has 8 heteroatoms. The van der Waals surface area contributed by atoms with Crippen LogP contribution in [0.3, 0.4) is 0 Å². The van der Waals surface area contributed by atoms with Crippen molar-refractivity contribution in [2.45, 2.75) is 13.3 Å². The summed E-state index contributed by atoms with van der Waals surface area (Å²) in [5.41, 5.74) is 5.82. The molecule has 0 aliphatic heterocycles. The number of halogens is 1. The van der Waals surface area contributed by atoms with Crippen LogP contribution in [0.25, 0.3) is 22.2 Å². The second-order valence-electron chi connectivity index (χ2n) is 6.40. The van der Waals surface area contributed by atoms with E-state index < -0.39 is 5.63 Å². The number of benzene rings is 2. The van der Waals surface area contributed by atoms with E-state index in [2.05, 4.69) is 44.4 Å². The van der Waals surface area contributed by atoms with Gasteiger partial charge in [0, 0.05) is 15.2 Å². The Morgan fingerprint density at radius 2 is 2.07 bits per heavy atom. The molecule has 0 bridgehead atoms. The van der Waals surface area contributed by atoms with Crippen LogP contribution in [0.4, 0.5) is 5.69 Å². The lowest BCUT2D eigenvalue weighted by Gasteiger charge is -2.02. The first-order valence-corrected chi connectivity index (χ1v) is 10.8. The number of rotatable bonds is 5. The number of hydrazone groups is 1. The lowest BCUT2D eigenvalue weighted by atomic mass is 10.1. The van der Waals surface area contributed by atoms with Gasteiger partial charge in [0.25, 0.3) is 0 Å². The van der Waals surface area contributed by atoms with Crippen molar-refractivity contribution >= 4 is 49.6 Å². The molecule has 0 saturated heterocycles. The number of nitrogens with one attached hydrogen (secondary N) is 1. The zero-order valence-corrected chi connectivity index (χ0v) is 18.3. The van der Waals surface area contributed by atoms with Crippen molar-refractivity contribution in [3.63, 3.8) is 0 Å². The number of thiazole rings is 1. The Hall–Kier alpha value is -3.28. The molecule has 0 spiro atoms. The first-order valence-electron chi connectivity index (χ1n) is 9.10. The summed E-state index contributed by atoms with van der Waals surface area (Å²) in [7, 11) is 0. The predicted molar refractivity (Wildman–Crippen MR) is 123 cm³/mol. The molecular weight excluding hydrogens is 464 g/mol. The van der Waals surface area contributed by atoms with Gasteiger partial charge in [-0.2, -0.15) is 10.4 Å². The van der Waals surface area contributed by atoms with E-state index in [9.17, 15) is 10.1 Å². The fourth-order valence-electron chi connectivity index (χ4n) is 2.84. The van der Waals surface area contributed by atoms with E-state index in [1.54, 1.807) is 17.5 Å². The summed E-state index contributed by atoms with van der Waals surface area (Å²) < 4.78 is 6.28. The molecule has 2 aromatic carbocycles. The van der Waals surface area contributed by atoms with E-state index in [1.807, 2.05) is 36.4 Å². The lowest BCUT2D eigenvalue weighted by molar-refractivity contribution is 0.563. The van der Waals surface area contributed by atoms with Gasteiger partial charge in [-0.3, -0.25) is 5.43 Å². The first-order chi connectivity index (χ1) is 14.6. The average Bonchev–Trinajstić information content (AvgIpc) is 3.24. The molecule has 4 rings (SSSR count). The monoisotopic (exact) mass is 478 g/mol. The Morgan fingerprint density at radius 1 is 1.27 bits per heavy atom. The van der Waals surface area contributed by atoms with Crippen LogP contribution >= 0.6 is 27.3 Å². The standard InChI is InChI=1S/C22H15BrN4O2S/c1-2-13-3-6-16(7-4-13)26-27-18(11-24)21-25-19(12-30-21)17-10-14-9-15(23)5-8-20(14)29-22(17)28/h3-10,12,26H,2H2,1H3. The highest BCUT2D eigenvalue weighted by Gasteiger charge is 2.15. The predicted octanol–water partition coefficient (Wildman–Crippen LogP) is 5.58. The van der Waals surface area contributed by atoms with E-state index >= 15 is 0 Å². The normalized spacial score (nSPS) is 11.4. The highest BCUT2D eigenvalue weighted by Crippen LogP contribution is 2.25. The highest BCUT2D eigenvalue weighted by atomic mass is 79.9. The highest BCUT2D eigenvalue weighted by molar-refractivity contribution is 9.10. The summed E-state index contributed by atoms with van der Waals surface area (Å²) in [5.74, 6) is 0. The Labute approximate surface area is 184 Å². The second-order valence-corrected chi connectivity index (χ2v) is 8.18. The number of nitriles is 1. The summed E-state index contributed by atoms with van der Waals surface area (Å²) in [6, 6.07) is 17.0. The fraction of sp³-hybridized carbons (Fsp3) is 0.0909. The Balaban J connectivity index is 1.63. The third kappa shape index (κ3) is 4.17. The van der Waals surface area contributed by atoms with E-state index in [-0.39, 0.29) is 5.71 Å². The van der Waals surface area contributed by atoms with Crippen molar-refractivity contribution < 1.29 is 4.42 Å². The molecule has 2 heterocycles. The molecule has 0 fully saturated rings. The van der Waals surface area contributed by atoms with Gasteiger partial charge >= 0.3 is 5.63 Å². The van der Waals surface area contributed by atoms with Gasteiger partial charge in [-0.25, -0.2) is 9.78 Å². The van der Waals surface area contributed by atoms with Gasteiger partial charge in [0.05, 0.1) is 16.9 Å². The molecule has 0 radical (unpaired) electrons. The number of nitrogens with zero attached hydrogens (tertiary/aromatic N) is 3. The number of fused-ring (bicyclic) bond motifs is 1. The molecular formula is C22H15BrN4O2S. The topological polar surface area (TPSA) is 91.3 Å². The maximum absolute atomic E-state index is 12.4. The number of hydrogen-bond donors (Lipinski definition) is 1. The quantitative estimate of drug-likeness (QED) is 0.229. The minimum atomic E-state index is -0.480. The molecule has 1 N–H and O–H groups in total. The summed E-state index contributed by atoms with van der Waals surface area (Å²) in [5, 5.41) is 16.6. The van der Waals surface area contributed by atoms with Gasteiger partial charge in [0.1, 0.15) is 11.7 Å². The number of aromatic nitrogens is 1. The van der Waals surface area contributed by atoms with E-state index in [0.717, 1.165) is 22.0 Å². The maximum atomic E-state index is 12.4. The molecule has 6 nitrogen and oxygen atoms in total. The molecule has 0 saturated carbocycles. The third-order valence-corrected chi connectivity index (χ3v) is 5.78. The van der Waals surface area contributed by atoms with Gasteiger partial charge in [0.15, 0.2) is 10.7 Å². The minimum absolute atomic E-state index is 0.138. The zero-order chi connectivity index (χ0) is 21.1. The van der Waals surface area contributed by atoms with Crippen molar-refractivity contribution in [3.05, 3.63) is 79.4 Å². The van der Waals surface area contributed by atoms with Crippen LogP contribution in [-0.2, 0) is 6.42 Å². The van der Waals surface area contributed by atoms with Crippen molar-refractivity contribution in [2.24, 2.45) is 5.10 Å².